The van der Waals surface area contributed by atoms with Crippen LogP contribution in [0.5, 0.6) is 0 Å². The van der Waals surface area contributed by atoms with Crippen LogP contribution in [0.4, 0.5) is 0 Å². The molecule has 8 rings (SSSR count). The van der Waals surface area contributed by atoms with E-state index < -0.39 is 0 Å². The minimum absolute atomic E-state index is 0.288. The first-order chi connectivity index (χ1) is 21.2. The molecule has 0 saturated carbocycles. The smallest absolute Gasteiger partial charge is 0.218 e. The topological polar surface area (TPSA) is 69.0 Å². The Morgan fingerprint density at radius 3 is 1.27 bits per heavy atom. The highest BCUT2D eigenvalue weighted by atomic mass is 16.5. The summed E-state index contributed by atoms with van der Waals surface area (Å²) in [5.41, 5.74) is 5.50. The first kappa shape index (κ1) is 26.5. The van der Waals surface area contributed by atoms with Crippen LogP contribution in [0.1, 0.15) is 38.8 Å². The van der Waals surface area contributed by atoms with E-state index in [0.717, 1.165) is 33.4 Å². The number of aromatic nitrogens is 2. The van der Waals surface area contributed by atoms with Crippen LogP contribution in [0.25, 0.3) is 54.6 Å². The molecule has 0 fully saturated rings. The maximum Gasteiger partial charge on any atom is 0.218 e. The number of aliphatic imine (C=N–C) groups is 2. The van der Waals surface area contributed by atoms with Crippen LogP contribution < -0.4 is 0 Å². The van der Waals surface area contributed by atoms with Crippen molar-refractivity contribution >= 4 is 44.1 Å². The Kier molecular flexibility index (Phi) is 5.85. The summed E-state index contributed by atoms with van der Waals surface area (Å²) in [6.45, 7) is 9.51. The van der Waals surface area contributed by atoms with Gasteiger partial charge in [0.2, 0.25) is 11.8 Å². The molecule has 0 saturated heterocycles. The van der Waals surface area contributed by atoms with Crippen molar-refractivity contribution in [1.29, 1.82) is 0 Å². The molecule has 44 heavy (non-hydrogen) atoms. The van der Waals surface area contributed by atoms with Gasteiger partial charge in [-0.15, -0.1) is 0 Å². The second-order valence-electron chi connectivity index (χ2n) is 13.0. The van der Waals surface area contributed by atoms with E-state index in [2.05, 4.69) is 120 Å². The highest BCUT2D eigenvalue weighted by molar-refractivity contribution is 6.26. The fourth-order valence-electron chi connectivity index (χ4n) is 6.22. The lowest BCUT2D eigenvalue weighted by Gasteiger charge is -2.17. The van der Waals surface area contributed by atoms with Gasteiger partial charge in [0.15, 0.2) is 0 Å². The molecule has 0 unspecified atom stereocenters. The van der Waals surface area contributed by atoms with E-state index >= 15 is 0 Å². The maximum absolute atomic E-state index is 6.08. The van der Waals surface area contributed by atoms with Crippen LogP contribution in [-0.2, 0) is 9.47 Å². The van der Waals surface area contributed by atoms with E-state index in [1.807, 2.05) is 24.8 Å². The molecule has 6 nitrogen and oxygen atoms in total. The van der Waals surface area contributed by atoms with Gasteiger partial charge in [0.05, 0.1) is 24.2 Å². The molecule has 0 spiro atoms. The minimum atomic E-state index is -0.288. The monoisotopic (exact) mass is 576 g/mol. The predicted molar refractivity (Wildman–Crippen MR) is 179 cm³/mol. The molecule has 216 valence electrons. The summed E-state index contributed by atoms with van der Waals surface area (Å²) in [6.07, 6.45) is 7.47. The SMILES string of the molecule is CC1(C)CN=C(c2cncc(-c3ccc4c5ccc(-c6cncc(C7=NCC(C)(C)O7)c6)cc5c5ccccc5c4c3)c2)O1. The predicted octanol–water partition coefficient (Wildman–Crippen LogP) is 8.38. The van der Waals surface area contributed by atoms with E-state index in [1.54, 1.807) is 0 Å². The van der Waals surface area contributed by atoms with Gasteiger partial charge < -0.3 is 9.47 Å². The van der Waals surface area contributed by atoms with Crippen molar-refractivity contribution < 1.29 is 9.47 Å². The molecular weight excluding hydrogens is 544 g/mol. The molecule has 2 aromatic heterocycles. The summed E-state index contributed by atoms with van der Waals surface area (Å²) in [4.78, 5) is 18.3. The van der Waals surface area contributed by atoms with Crippen LogP contribution in [-0.4, -0.2) is 46.1 Å². The molecule has 6 aromatic rings. The zero-order chi connectivity index (χ0) is 30.1. The summed E-state index contributed by atoms with van der Waals surface area (Å²) >= 11 is 0. The van der Waals surface area contributed by atoms with E-state index in [9.17, 15) is 0 Å². The number of ether oxygens (including phenoxy) is 2. The van der Waals surface area contributed by atoms with Crippen molar-refractivity contribution in [1.82, 2.24) is 9.97 Å². The van der Waals surface area contributed by atoms with Crippen molar-refractivity contribution in [2.45, 2.75) is 38.9 Å². The fraction of sp³-hybridized carbons (Fsp3) is 0.211. The van der Waals surface area contributed by atoms with Gasteiger partial charge >= 0.3 is 0 Å². The normalized spacial score (nSPS) is 17.0. The number of rotatable bonds is 4. The number of nitrogens with zero attached hydrogens (tertiary/aromatic N) is 4. The lowest BCUT2D eigenvalue weighted by molar-refractivity contribution is 0.131. The molecule has 0 N–H and O–H groups in total. The number of hydrogen-bond acceptors (Lipinski definition) is 6. The molecule has 4 heterocycles. The van der Waals surface area contributed by atoms with Gasteiger partial charge in [-0.1, -0.05) is 48.5 Å². The molecule has 2 aliphatic rings. The molecule has 6 heteroatoms. The summed E-state index contributed by atoms with van der Waals surface area (Å²) < 4.78 is 12.2. The summed E-state index contributed by atoms with van der Waals surface area (Å²) in [7, 11) is 0. The molecule has 0 aliphatic carbocycles. The molecule has 0 bridgehead atoms. The lowest BCUT2D eigenvalue weighted by atomic mass is 9.90. The summed E-state index contributed by atoms with van der Waals surface area (Å²) in [6, 6.07) is 26.3. The summed E-state index contributed by atoms with van der Waals surface area (Å²) in [5.74, 6) is 1.32. The summed E-state index contributed by atoms with van der Waals surface area (Å²) in [5, 5.41) is 7.28. The van der Waals surface area contributed by atoms with E-state index in [0.29, 0.717) is 24.9 Å². The van der Waals surface area contributed by atoms with Crippen molar-refractivity contribution in [2.24, 2.45) is 9.98 Å². The van der Waals surface area contributed by atoms with Crippen LogP contribution in [0.3, 0.4) is 0 Å². The number of hydrogen-bond donors (Lipinski definition) is 0. The van der Waals surface area contributed by atoms with Gasteiger partial charge in [0.25, 0.3) is 0 Å². The Morgan fingerprint density at radius 2 is 0.864 bits per heavy atom. The third-order valence-electron chi connectivity index (χ3n) is 8.43. The first-order valence-electron chi connectivity index (χ1n) is 15.0. The van der Waals surface area contributed by atoms with Crippen LogP contribution in [0, 0.1) is 0 Å². The van der Waals surface area contributed by atoms with Crippen molar-refractivity contribution in [3.8, 4) is 22.3 Å². The zero-order valence-electron chi connectivity index (χ0n) is 25.3. The highest BCUT2D eigenvalue weighted by Gasteiger charge is 2.29. The number of fused-ring (bicyclic) bond motifs is 6. The Bertz CT molecular complexity index is 2020. The number of pyridine rings is 2. The Balaban J connectivity index is 1.23. The Labute approximate surface area is 256 Å². The van der Waals surface area contributed by atoms with Gasteiger partial charge in [-0.05, 0) is 95.4 Å². The van der Waals surface area contributed by atoms with Gasteiger partial charge in [0, 0.05) is 35.9 Å². The molecule has 4 aromatic carbocycles. The van der Waals surface area contributed by atoms with Crippen molar-refractivity contribution in [2.75, 3.05) is 13.1 Å². The third-order valence-corrected chi connectivity index (χ3v) is 8.43. The Hall–Kier alpha value is -5.10. The minimum Gasteiger partial charge on any atom is -0.469 e. The van der Waals surface area contributed by atoms with Crippen molar-refractivity contribution in [3.05, 3.63) is 109 Å². The Morgan fingerprint density at radius 1 is 0.455 bits per heavy atom. The van der Waals surface area contributed by atoms with Crippen LogP contribution in [0.15, 0.2) is 108 Å². The molecule has 2 aliphatic heterocycles. The van der Waals surface area contributed by atoms with E-state index in [1.165, 1.54) is 32.3 Å². The molecule has 0 radical (unpaired) electrons. The molecule has 0 amide bonds. The average molecular weight is 577 g/mol. The second kappa shape index (κ2) is 9.71. The van der Waals surface area contributed by atoms with Crippen LogP contribution in [0.2, 0.25) is 0 Å². The van der Waals surface area contributed by atoms with Crippen LogP contribution >= 0.6 is 0 Å². The zero-order valence-corrected chi connectivity index (χ0v) is 25.3. The van der Waals surface area contributed by atoms with Gasteiger partial charge in [-0.25, -0.2) is 9.98 Å². The number of benzene rings is 4. The maximum atomic E-state index is 6.08. The molecule has 0 atom stereocenters. The highest BCUT2D eigenvalue weighted by Crippen LogP contribution is 2.39. The first-order valence-corrected chi connectivity index (χ1v) is 15.0. The standard InChI is InChI=1S/C38H32N4O2/c1-37(2)21-41-35(43-37)27-13-25(17-39-19-27)23-9-11-31-32-12-10-24(16-34(32)30-8-6-5-7-29(30)33(31)15-23)26-14-28(20-40-18-26)36-42-22-38(3,4)44-36/h5-20H,21-22H2,1-4H3. The van der Waals surface area contributed by atoms with Gasteiger partial charge in [-0.2, -0.15) is 0 Å². The largest absolute Gasteiger partial charge is 0.469 e. The van der Waals surface area contributed by atoms with Gasteiger partial charge in [-0.3, -0.25) is 9.97 Å². The molecular formula is C38H32N4O2. The lowest BCUT2D eigenvalue weighted by Crippen LogP contribution is -2.24. The third kappa shape index (κ3) is 4.58. The van der Waals surface area contributed by atoms with Crippen molar-refractivity contribution in [3.63, 3.8) is 0 Å². The second-order valence-corrected chi connectivity index (χ2v) is 13.0. The fourth-order valence-corrected chi connectivity index (χ4v) is 6.22. The quantitative estimate of drug-likeness (QED) is 0.198. The average Bonchev–Trinajstić information content (AvgIpc) is 3.61. The van der Waals surface area contributed by atoms with E-state index in [4.69, 9.17) is 9.47 Å². The van der Waals surface area contributed by atoms with Gasteiger partial charge in [0.1, 0.15) is 11.2 Å². The van der Waals surface area contributed by atoms with E-state index in [-0.39, 0.29) is 11.2 Å².